The Hall–Kier alpha value is -4.15. The fraction of sp³-hybridized carbons (Fsp3) is 0.532. The number of allylic oxidation sites excluding steroid dienone is 13. The number of hydrogen-bond acceptors (Lipinski definition) is 6. The number of ketones is 2. The number of carbonyl (C=O) groups excluding carboxylic acids is 3. The predicted octanol–water partition coefficient (Wildman–Crippen LogP) is 12.7. The second kappa shape index (κ2) is 28.4. The Morgan fingerprint density at radius 3 is 1.92 bits per heavy atom. The van der Waals surface area contributed by atoms with Crippen LogP contribution in [0.2, 0.25) is 0 Å². The molecule has 1 unspecified atom stereocenters. The van der Waals surface area contributed by atoms with Crippen LogP contribution in [0, 0.1) is 16.2 Å². The summed E-state index contributed by atoms with van der Waals surface area (Å²) >= 11 is 0. The average Bonchev–Trinajstić information content (AvgIpc) is 3.52. The highest BCUT2D eigenvalue weighted by Gasteiger charge is 2.27. The molecule has 0 spiro atoms. The van der Waals surface area contributed by atoms with Crippen molar-refractivity contribution >= 4 is 17.9 Å². The maximum Gasteiger partial charge on any atom is 0.176 e. The molecule has 0 bridgehead atoms. The van der Waals surface area contributed by atoms with Crippen molar-refractivity contribution in [3.63, 3.8) is 0 Å². The standard InChI is InChI=1S/C36H46O5.C5H10O.3C2H6/c1-10-29(21-18-26(3)4)39-24-32(41-31-17-13-14-27(20-23-31)33(37)35(5,6)7)25-40-30-16-12-15-28(19-22-30)34(38)36(8,9)11-2;1-5(2,3)4-6;3*1-2/h10,12-14,16,18-23,32H,1,11,17,24-25H2,2-9H3;4H,1-3H3;3*1-2H3/b29-21+;;;;. The van der Waals surface area contributed by atoms with Gasteiger partial charge in [-0.1, -0.05) is 134 Å². The number of rotatable bonds is 14. The van der Waals surface area contributed by atoms with E-state index in [0.717, 1.165) is 18.3 Å². The first-order valence-electron chi connectivity index (χ1n) is 19.2. The van der Waals surface area contributed by atoms with Gasteiger partial charge in [-0.05, 0) is 68.9 Å². The van der Waals surface area contributed by atoms with Gasteiger partial charge in [-0.2, -0.15) is 0 Å². The fourth-order valence-electron chi connectivity index (χ4n) is 3.66. The highest BCUT2D eigenvalue weighted by atomic mass is 16.6. The lowest BCUT2D eigenvalue weighted by Gasteiger charge is -2.22. The van der Waals surface area contributed by atoms with E-state index >= 15 is 0 Å². The van der Waals surface area contributed by atoms with E-state index in [1.807, 2.05) is 148 Å². The predicted molar refractivity (Wildman–Crippen MR) is 226 cm³/mol. The Morgan fingerprint density at radius 1 is 0.849 bits per heavy atom. The molecule has 0 aromatic carbocycles. The summed E-state index contributed by atoms with van der Waals surface area (Å²) in [5.74, 6) is 2.02. The van der Waals surface area contributed by atoms with Gasteiger partial charge in [0.15, 0.2) is 17.7 Å². The minimum atomic E-state index is -0.474. The quantitative estimate of drug-likeness (QED) is 0.0765. The third-order valence-corrected chi connectivity index (χ3v) is 6.98. The van der Waals surface area contributed by atoms with Crippen molar-refractivity contribution in [3.05, 3.63) is 113 Å². The Kier molecular flexibility index (Phi) is 28.5. The number of Topliss-reactive ketones (excluding diaryl/α,β-unsaturated/α-hetero) is 2. The molecule has 0 saturated heterocycles. The Balaban J connectivity index is -0.00000183. The second-order valence-corrected chi connectivity index (χ2v) is 14.5. The lowest BCUT2D eigenvalue weighted by Crippen LogP contribution is -2.25. The first-order valence-corrected chi connectivity index (χ1v) is 19.2. The zero-order valence-electron chi connectivity index (χ0n) is 36.5. The van der Waals surface area contributed by atoms with Gasteiger partial charge in [-0.3, -0.25) is 9.59 Å². The third kappa shape index (κ3) is 23.9. The van der Waals surface area contributed by atoms with Gasteiger partial charge in [0.05, 0.1) is 5.57 Å². The van der Waals surface area contributed by atoms with E-state index in [1.54, 1.807) is 36.5 Å². The second-order valence-electron chi connectivity index (χ2n) is 14.5. The molecule has 0 fully saturated rings. The Morgan fingerprint density at radius 2 is 1.43 bits per heavy atom. The summed E-state index contributed by atoms with van der Waals surface area (Å²) in [5.41, 5.74) is 4.30. The van der Waals surface area contributed by atoms with Crippen LogP contribution in [0.15, 0.2) is 113 Å². The Bertz CT molecular complexity index is 1410. The highest BCUT2D eigenvalue weighted by Crippen LogP contribution is 2.27. The molecule has 0 N–H and O–H groups in total. The van der Waals surface area contributed by atoms with Crippen LogP contribution in [0.3, 0.4) is 0 Å². The summed E-state index contributed by atoms with van der Waals surface area (Å²) in [7, 11) is 0. The molecular formula is C47H74O6. The van der Waals surface area contributed by atoms with Crippen molar-refractivity contribution < 1.29 is 28.6 Å². The normalized spacial score (nSPS) is 14.2. The first-order chi connectivity index (χ1) is 24.8. The molecule has 0 aromatic heterocycles. The van der Waals surface area contributed by atoms with Crippen molar-refractivity contribution in [1.82, 2.24) is 0 Å². The molecule has 53 heavy (non-hydrogen) atoms. The molecule has 0 heterocycles. The van der Waals surface area contributed by atoms with Gasteiger partial charge in [-0.25, -0.2) is 0 Å². The van der Waals surface area contributed by atoms with Crippen LogP contribution in [0.4, 0.5) is 0 Å². The van der Waals surface area contributed by atoms with Crippen molar-refractivity contribution in [2.24, 2.45) is 16.2 Å². The van der Waals surface area contributed by atoms with E-state index in [9.17, 15) is 14.4 Å². The zero-order valence-corrected chi connectivity index (χ0v) is 36.5. The number of ether oxygens (including phenoxy) is 3. The van der Waals surface area contributed by atoms with E-state index in [1.165, 1.54) is 0 Å². The molecule has 6 heteroatoms. The van der Waals surface area contributed by atoms with E-state index < -0.39 is 16.9 Å². The van der Waals surface area contributed by atoms with E-state index in [-0.39, 0.29) is 30.2 Å². The fourth-order valence-corrected chi connectivity index (χ4v) is 3.66. The van der Waals surface area contributed by atoms with Crippen LogP contribution in [-0.4, -0.2) is 37.2 Å². The van der Waals surface area contributed by atoms with Crippen LogP contribution < -0.4 is 0 Å². The van der Waals surface area contributed by atoms with Gasteiger partial charge in [0.1, 0.15) is 36.8 Å². The maximum absolute atomic E-state index is 12.9. The van der Waals surface area contributed by atoms with E-state index in [2.05, 4.69) is 12.3 Å². The molecule has 2 aliphatic carbocycles. The lowest BCUT2D eigenvalue weighted by molar-refractivity contribution is -0.123. The van der Waals surface area contributed by atoms with Crippen LogP contribution >= 0.6 is 0 Å². The van der Waals surface area contributed by atoms with Crippen LogP contribution in [0.5, 0.6) is 0 Å². The van der Waals surface area contributed by atoms with Crippen LogP contribution in [0.1, 0.15) is 131 Å². The number of hydrogen-bond donors (Lipinski definition) is 0. The minimum absolute atomic E-state index is 0.0441. The van der Waals surface area contributed by atoms with Gasteiger partial charge >= 0.3 is 0 Å². The molecule has 0 aliphatic heterocycles. The van der Waals surface area contributed by atoms with Gasteiger partial charge in [-0.15, -0.1) is 5.73 Å². The van der Waals surface area contributed by atoms with E-state index in [4.69, 9.17) is 14.2 Å². The van der Waals surface area contributed by atoms with Crippen LogP contribution in [0.25, 0.3) is 0 Å². The van der Waals surface area contributed by atoms with Crippen molar-refractivity contribution in [3.8, 4) is 0 Å². The largest absolute Gasteiger partial charge is 0.490 e. The van der Waals surface area contributed by atoms with Crippen molar-refractivity contribution in [2.45, 2.75) is 137 Å². The summed E-state index contributed by atoms with van der Waals surface area (Å²) in [5, 5.41) is 0. The summed E-state index contributed by atoms with van der Waals surface area (Å²) < 4.78 is 18.5. The number of carbonyl (C=O) groups is 3. The maximum atomic E-state index is 12.9. The SMILES string of the molecule is C=C/C(=C\C=C(C)C)OCC(COC1=CC=C=C(C(=O)C(C)(C)CC)C=C1)OC1=CC=C(C(=O)C(C)(C)C)C=CC1.CC.CC.CC.CC(C)(C)C=O. The molecule has 2 aliphatic rings. The molecule has 1 atom stereocenters. The summed E-state index contributed by atoms with van der Waals surface area (Å²) in [6.45, 7) is 37.5. The molecule has 0 saturated carbocycles. The lowest BCUT2D eigenvalue weighted by atomic mass is 9.82. The van der Waals surface area contributed by atoms with Gasteiger partial charge in [0.2, 0.25) is 0 Å². The molecular weight excluding hydrogens is 661 g/mol. The molecule has 2 rings (SSSR count). The van der Waals surface area contributed by atoms with Gasteiger partial charge in [0, 0.05) is 28.2 Å². The molecule has 0 aromatic rings. The summed E-state index contributed by atoms with van der Waals surface area (Å²) in [6.07, 6.45) is 21.6. The first kappa shape index (κ1) is 53.2. The molecule has 6 nitrogen and oxygen atoms in total. The van der Waals surface area contributed by atoms with Crippen LogP contribution in [-0.2, 0) is 28.6 Å². The molecule has 0 radical (unpaired) electrons. The molecule has 298 valence electrons. The van der Waals surface area contributed by atoms with E-state index in [0.29, 0.717) is 34.8 Å². The van der Waals surface area contributed by atoms with Crippen molar-refractivity contribution in [1.29, 1.82) is 0 Å². The monoisotopic (exact) mass is 735 g/mol. The zero-order chi connectivity index (χ0) is 41.8. The van der Waals surface area contributed by atoms with Gasteiger partial charge < -0.3 is 19.0 Å². The minimum Gasteiger partial charge on any atom is -0.490 e. The summed E-state index contributed by atoms with van der Waals surface area (Å²) in [4.78, 5) is 35.5. The summed E-state index contributed by atoms with van der Waals surface area (Å²) in [6, 6.07) is 0. The van der Waals surface area contributed by atoms with Gasteiger partial charge in [0.25, 0.3) is 0 Å². The number of aldehydes is 1. The molecule has 0 amide bonds. The highest BCUT2D eigenvalue weighted by molar-refractivity contribution is 6.02. The third-order valence-electron chi connectivity index (χ3n) is 6.98. The smallest absolute Gasteiger partial charge is 0.176 e. The topological polar surface area (TPSA) is 78.9 Å². The van der Waals surface area contributed by atoms with Crippen molar-refractivity contribution in [2.75, 3.05) is 13.2 Å². The Labute approximate surface area is 324 Å². The average molecular weight is 735 g/mol.